The predicted octanol–water partition coefficient (Wildman–Crippen LogP) is 2.39. The summed E-state index contributed by atoms with van der Waals surface area (Å²) in [7, 11) is 0. The van der Waals surface area contributed by atoms with Crippen LogP contribution in [0.5, 0.6) is 0 Å². The third-order valence-electron chi connectivity index (χ3n) is 4.13. The summed E-state index contributed by atoms with van der Waals surface area (Å²) >= 11 is 1.52. The van der Waals surface area contributed by atoms with E-state index in [1.54, 1.807) is 0 Å². The Morgan fingerprint density at radius 3 is 2.96 bits per heavy atom. The average molecular weight is 390 g/mol. The monoisotopic (exact) mass is 389 g/mol. The summed E-state index contributed by atoms with van der Waals surface area (Å²) in [5.74, 6) is -0.153. The van der Waals surface area contributed by atoms with Crippen molar-refractivity contribution in [2.45, 2.75) is 26.1 Å². The number of amides is 1. The highest BCUT2D eigenvalue weighted by Crippen LogP contribution is 2.15. The summed E-state index contributed by atoms with van der Waals surface area (Å²) in [6, 6.07) is 12.2. The molecule has 8 heteroatoms. The van der Waals surface area contributed by atoms with Crippen molar-refractivity contribution in [3.63, 3.8) is 0 Å². The van der Waals surface area contributed by atoms with Gasteiger partial charge in [0.05, 0.1) is 29.5 Å². The molecule has 0 radical (unpaired) electrons. The van der Waals surface area contributed by atoms with E-state index < -0.39 is 0 Å². The molecule has 26 heavy (non-hydrogen) atoms. The van der Waals surface area contributed by atoms with Crippen molar-refractivity contribution in [2.24, 2.45) is 0 Å². The number of hydrogen-bond acceptors (Lipinski definition) is 5. The Hall–Kier alpha value is -2.22. The molecular formula is C18H20ClN5OS. The van der Waals surface area contributed by atoms with Gasteiger partial charge >= 0.3 is 0 Å². The molecule has 1 aliphatic rings. The molecule has 0 atom stereocenters. The van der Waals surface area contributed by atoms with E-state index in [0.717, 1.165) is 42.5 Å². The van der Waals surface area contributed by atoms with Crippen LogP contribution in [0, 0.1) is 0 Å². The van der Waals surface area contributed by atoms with Gasteiger partial charge in [-0.3, -0.25) is 9.48 Å². The van der Waals surface area contributed by atoms with Crippen LogP contribution in [0.1, 0.15) is 32.4 Å². The number of carbonyl (C=O) groups excluding carboxylic acids is 1. The third kappa shape index (κ3) is 4.30. The number of aromatic nitrogens is 3. The lowest BCUT2D eigenvalue weighted by molar-refractivity contribution is 0.0946. The first-order valence-electron chi connectivity index (χ1n) is 8.31. The Bertz CT molecular complexity index is 853. The molecule has 3 heterocycles. The molecule has 1 amide bonds. The van der Waals surface area contributed by atoms with Gasteiger partial charge in [0.15, 0.2) is 0 Å². The number of benzene rings is 1. The first-order valence-corrected chi connectivity index (χ1v) is 9.19. The quantitative estimate of drug-likeness (QED) is 0.702. The summed E-state index contributed by atoms with van der Waals surface area (Å²) in [4.78, 5) is 16.8. The minimum Gasteiger partial charge on any atom is -0.345 e. The van der Waals surface area contributed by atoms with Gasteiger partial charge < -0.3 is 10.6 Å². The molecule has 6 nitrogen and oxygen atoms in total. The maximum absolute atomic E-state index is 12.3. The van der Waals surface area contributed by atoms with Gasteiger partial charge in [0.25, 0.3) is 5.91 Å². The Balaban J connectivity index is 0.00000196. The van der Waals surface area contributed by atoms with Gasteiger partial charge in [0.2, 0.25) is 0 Å². The minimum absolute atomic E-state index is 0. The number of fused-ring (bicyclic) bond motifs is 1. The minimum atomic E-state index is -0.153. The van der Waals surface area contributed by atoms with E-state index in [1.165, 1.54) is 16.9 Å². The van der Waals surface area contributed by atoms with Crippen LogP contribution in [0.3, 0.4) is 0 Å². The first kappa shape index (κ1) is 18.6. The van der Waals surface area contributed by atoms with Crippen LogP contribution < -0.4 is 10.6 Å². The molecule has 0 saturated carbocycles. The van der Waals surface area contributed by atoms with Gasteiger partial charge in [-0.2, -0.15) is 5.10 Å². The van der Waals surface area contributed by atoms with E-state index in [1.807, 2.05) is 34.3 Å². The summed E-state index contributed by atoms with van der Waals surface area (Å²) in [5.41, 5.74) is 3.71. The summed E-state index contributed by atoms with van der Waals surface area (Å²) < 4.78 is 2.00. The highest BCUT2D eigenvalue weighted by molar-refractivity contribution is 7.09. The van der Waals surface area contributed by atoms with Crippen LogP contribution >= 0.6 is 23.7 Å². The summed E-state index contributed by atoms with van der Waals surface area (Å²) in [6.45, 7) is 3.06. The predicted molar refractivity (Wildman–Crippen MR) is 104 cm³/mol. The molecular weight excluding hydrogens is 370 g/mol. The fourth-order valence-corrected chi connectivity index (χ4v) is 3.68. The Morgan fingerprint density at radius 1 is 1.31 bits per heavy atom. The lowest BCUT2D eigenvalue weighted by atomic mass is 10.2. The average Bonchev–Trinajstić information content (AvgIpc) is 3.27. The number of halogens is 1. The van der Waals surface area contributed by atoms with Crippen molar-refractivity contribution in [3.8, 4) is 0 Å². The van der Waals surface area contributed by atoms with E-state index in [2.05, 4.69) is 32.8 Å². The molecule has 3 aromatic rings. The van der Waals surface area contributed by atoms with Gasteiger partial charge in [0.1, 0.15) is 5.69 Å². The Labute approximate surface area is 162 Å². The SMILES string of the molecule is Cl.O=C(NCc1cc2n(n1)CCNC2)c1csc(Cc2ccccc2)n1. The molecule has 0 unspecified atom stereocenters. The molecule has 2 aromatic heterocycles. The van der Waals surface area contributed by atoms with E-state index >= 15 is 0 Å². The molecule has 136 valence electrons. The summed E-state index contributed by atoms with van der Waals surface area (Å²) in [6.07, 6.45) is 0.750. The second kappa shape index (κ2) is 8.44. The molecule has 0 bridgehead atoms. The van der Waals surface area contributed by atoms with E-state index in [4.69, 9.17) is 0 Å². The number of thiazole rings is 1. The maximum Gasteiger partial charge on any atom is 0.271 e. The molecule has 1 aliphatic heterocycles. The first-order chi connectivity index (χ1) is 12.3. The zero-order valence-electron chi connectivity index (χ0n) is 14.1. The van der Waals surface area contributed by atoms with Crippen LogP contribution in [0.4, 0.5) is 0 Å². The molecule has 2 N–H and O–H groups in total. The number of rotatable bonds is 5. The molecule has 0 spiro atoms. The number of nitrogens with zero attached hydrogens (tertiary/aromatic N) is 3. The second-order valence-electron chi connectivity index (χ2n) is 6.00. The van der Waals surface area contributed by atoms with Gasteiger partial charge in [-0.25, -0.2) is 4.98 Å². The third-order valence-corrected chi connectivity index (χ3v) is 4.98. The highest BCUT2D eigenvalue weighted by Gasteiger charge is 2.14. The zero-order valence-corrected chi connectivity index (χ0v) is 15.8. The number of carbonyl (C=O) groups is 1. The van der Waals surface area contributed by atoms with Gasteiger partial charge in [-0.15, -0.1) is 23.7 Å². The Kier molecular flexibility index (Phi) is 6.03. The largest absolute Gasteiger partial charge is 0.345 e. The van der Waals surface area contributed by atoms with Gasteiger partial charge in [-0.1, -0.05) is 30.3 Å². The second-order valence-corrected chi connectivity index (χ2v) is 6.94. The zero-order chi connectivity index (χ0) is 17.1. The maximum atomic E-state index is 12.3. The number of nitrogens with one attached hydrogen (secondary N) is 2. The van der Waals surface area contributed by atoms with Gasteiger partial charge in [0, 0.05) is 24.9 Å². The van der Waals surface area contributed by atoms with Crippen molar-refractivity contribution >= 4 is 29.7 Å². The molecule has 0 saturated heterocycles. The van der Waals surface area contributed by atoms with Crippen molar-refractivity contribution in [1.29, 1.82) is 0 Å². The lowest BCUT2D eigenvalue weighted by Crippen LogP contribution is -2.28. The Morgan fingerprint density at radius 2 is 2.15 bits per heavy atom. The standard InChI is InChI=1S/C18H19N5OS.ClH/c24-18(20-10-14-9-15-11-19-6-7-23(15)22-14)16-12-25-17(21-16)8-13-4-2-1-3-5-13;/h1-5,9,12,19H,6-8,10-11H2,(H,20,24);1H. The molecule has 4 rings (SSSR count). The van der Waals surface area contributed by atoms with Gasteiger partial charge in [-0.05, 0) is 11.6 Å². The smallest absolute Gasteiger partial charge is 0.271 e. The number of hydrogen-bond donors (Lipinski definition) is 2. The van der Waals surface area contributed by atoms with Crippen LogP contribution in [0.25, 0.3) is 0 Å². The van der Waals surface area contributed by atoms with Crippen molar-refractivity contribution < 1.29 is 4.79 Å². The van der Waals surface area contributed by atoms with E-state index in [9.17, 15) is 4.79 Å². The van der Waals surface area contributed by atoms with Crippen molar-refractivity contribution in [3.05, 3.63) is 69.4 Å². The fourth-order valence-electron chi connectivity index (χ4n) is 2.87. The molecule has 1 aromatic carbocycles. The van der Waals surface area contributed by atoms with E-state index in [-0.39, 0.29) is 18.3 Å². The van der Waals surface area contributed by atoms with Crippen LogP contribution in [-0.4, -0.2) is 27.2 Å². The molecule has 0 aliphatic carbocycles. The highest BCUT2D eigenvalue weighted by atomic mass is 35.5. The fraction of sp³-hybridized carbons (Fsp3) is 0.278. The van der Waals surface area contributed by atoms with Crippen molar-refractivity contribution in [2.75, 3.05) is 6.54 Å². The summed E-state index contributed by atoms with van der Waals surface area (Å²) in [5, 5.41) is 13.5. The van der Waals surface area contributed by atoms with Crippen LogP contribution in [0.2, 0.25) is 0 Å². The van der Waals surface area contributed by atoms with E-state index in [0.29, 0.717) is 12.2 Å². The van der Waals surface area contributed by atoms with Crippen LogP contribution in [-0.2, 0) is 26.1 Å². The normalized spacial score (nSPS) is 12.9. The topological polar surface area (TPSA) is 71.8 Å². The lowest BCUT2D eigenvalue weighted by Gasteiger charge is -2.13. The van der Waals surface area contributed by atoms with Crippen LogP contribution in [0.15, 0.2) is 41.8 Å². The molecule has 0 fully saturated rings. The van der Waals surface area contributed by atoms with Crippen molar-refractivity contribution in [1.82, 2.24) is 25.4 Å².